The van der Waals surface area contributed by atoms with Gasteiger partial charge in [0, 0.05) is 12.1 Å². The molecule has 0 fully saturated rings. The fourth-order valence-electron chi connectivity index (χ4n) is 2.78. The van der Waals surface area contributed by atoms with Crippen LogP contribution in [0.1, 0.15) is 20.8 Å². The van der Waals surface area contributed by atoms with Crippen LogP contribution in [0.5, 0.6) is 23.0 Å². The van der Waals surface area contributed by atoms with Crippen molar-refractivity contribution in [1.82, 2.24) is 0 Å². The second-order valence-electron chi connectivity index (χ2n) is 6.50. The average molecular weight is 498 g/mol. The number of Topliss-reactive ketones (excluding diaryl/α,β-unsaturated/α-hetero) is 1. The molecule has 2 aromatic carbocycles. The van der Waals surface area contributed by atoms with E-state index >= 15 is 0 Å². The maximum absolute atomic E-state index is 12.8. The molecule has 2 rings (SSSR count). The number of methoxy groups -OCH3 is 2. The van der Waals surface area contributed by atoms with Crippen LogP contribution in [-0.4, -0.2) is 45.2 Å². The number of ketones is 1. The van der Waals surface area contributed by atoms with Crippen LogP contribution >= 0.6 is 23.2 Å². The number of rotatable bonds is 11. The first kappa shape index (κ1) is 26.2. The summed E-state index contributed by atoms with van der Waals surface area (Å²) in [6.07, 6.45) is 0. The Morgan fingerprint density at radius 2 is 1.73 bits per heavy atom. The maximum Gasteiger partial charge on any atom is 0.258 e. The second kappa shape index (κ2) is 12.3. The molecule has 2 aromatic rings. The summed E-state index contributed by atoms with van der Waals surface area (Å²) in [6.45, 7) is 5.63. The fourth-order valence-corrected chi connectivity index (χ4v) is 3.30. The molecule has 33 heavy (non-hydrogen) atoms. The lowest BCUT2D eigenvalue weighted by atomic mass is 10.2. The number of amides is 1. The molecular weight excluding hydrogens is 473 g/mol. The minimum Gasteiger partial charge on any atom is -0.494 e. The molecule has 0 radical (unpaired) electrons. The highest BCUT2D eigenvalue weighted by atomic mass is 35.5. The number of hydrogen-bond acceptors (Lipinski definition) is 8. The van der Waals surface area contributed by atoms with Gasteiger partial charge in [0.25, 0.3) is 5.91 Å². The first-order valence-corrected chi connectivity index (χ1v) is 10.7. The Hall–Kier alpha value is -3.04. The molecule has 0 aliphatic rings. The van der Waals surface area contributed by atoms with Gasteiger partial charge in [0.1, 0.15) is 16.5 Å². The number of anilines is 1. The van der Waals surface area contributed by atoms with E-state index in [0.29, 0.717) is 30.5 Å². The quantitative estimate of drug-likeness (QED) is 0.324. The zero-order valence-electron chi connectivity index (χ0n) is 18.9. The molecule has 0 aliphatic carbocycles. The molecule has 1 N–H and O–H groups in total. The van der Waals surface area contributed by atoms with E-state index in [4.69, 9.17) is 42.1 Å². The monoisotopic (exact) mass is 497 g/mol. The Labute approximate surface area is 202 Å². The molecule has 0 heterocycles. The van der Waals surface area contributed by atoms with Crippen LogP contribution in [0, 0.1) is 0 Å². The first-order chi connectivity index (χ1) is 15.8. The number of carbonyl (C=O) groups excluding carboxylic acids is 2. The number of nitrogens with zero attached hydrogens (tertiary/aromatic N) is 2. The minimum absolute atomic E-state index is 0.109. The molecule has 1 atom stereocenters. The van der Waals surface area contributed by atoms with Crippen LogP contribution < -0.4 is 24.3 Å². The lowest BCUT2D eigenvalue weighted by molar-refractivity contribution is -0.126. The van der Waals surface area contributed by atoms with Gasteiger partial charge in [-0.25, -0.2) is 0 Å². The van der Waals surface area contributed by atoms with E-state index in [-0.39, 0.29) is 27.2 Å². The second-order valence-corrected chi connectivity index (χ2v) is 7.28. The van der Waals surface area contributed by atoms with Crippen molar-refractivity contribution in [3.63, 3.8) is 0 Å². The minimum atomic E-state index is -1.45. The summed E-state index contributed by atoms with van der Waals surface area (Å²) < 4.78 is 21.4. The van der Waals surface area contributed by atoms with Crippen molar-refractivity contribution in [3.05, 3.63) is 34.3 Å². The van der Waals surface area contributed by atoms with E-state index in [9.17, 15) is 9.59 Å². The van der Waals surface area contributed by atoms with Crippen molar-refractivity contribution < 1.29 is 28.5 Å². The third-order valence-corrected chi connectivity index (χ3v) is 4.93. The van der Waals surface area contributed by atoms with Gasteiger partial charge in [-0.15, -0.1) is 5.11 Å². The predicted molar refractivity (Wildman–Crippen MR) is 126 cm³/mol. The smallest absolute Gasteiger partial charge is 0.258 e. The molecule has 9 nitrogen and oxygen atoms in total. The van der Waals surface area contributed by atoms with Gasteiger partial charge in [0.05, 0.1) is 38.1 Å². The fraction of sp³-hybridized carbons (Fsp3) is 0.364. The molecule has 0 spiro atoms. The van der Waals surface area contributed by atoms with Gasteiger partial charge >= 0.3 is 0 Å². The highest BCUT2D eigenvalue weighted by Gasteiger charge is 2.25. The largest absolute Gasteiger partial charge is 0.494 e. The number of halogens is 2. The topological polar surface area (TPSA) is 108 Å². The molecule has 1 amide bonds. The van der Waals surface area contributed by atoms with Gasteiger partial charge in [-0.2, -0.15) is 5.11 Å². The Balaban J connectivity index is 2.35. The van der Waals surface area contributed by atoms with Crippen LogP contribution in [0.15, 0.2) is 34.5 Å². The van der Waals surface area contributed by atoms with Gasteiger partial charge in [0.15, 0.2) is 23.0 Å². The molecule has 178 valence electrons. The molecule has 11 heteroatoms. The number of benzene rings is 2. The van der Waals surface area contributed by atoms with Crippen molar-refractivity contribution in [3.8, 4) is 23.0 Å². The lowest BCUT2D eigenvalue weighted by Gasteiger charge is -2.15. The third-order valence-electron chi connectivity index (χ3n) is 4.26. The summed E-state index contributed by atoms with van der Waals surface area (Å²) in [5.74, 6) is 0.155. The Kier molecular flexibility index (Phi) is 9.74. The Morgan fingerprint density at radius 3 is 2.30 bits per heavy atom. The normalized spacial score (nSPS) is 11.7. The van der Waals surface area contributed by atoms with Crippen molar-refractivity contribution in [2.75, 3.05) is 32.8 Å². The van der Waals surface area contributed by atoms with E-state index in [1.807, 2.05) is 6.92 Å². The van der Waals surface area contributed by atoms with Crippen molar-refractivity contribution in [2.45, 2.75) is 26.8 Å². The molecular formula is C22H25Cl2N3O6. The lowest BCUT2D eigenvalue weighted by Crippen LogP contribution is -2.32. The summed E-state index contributed by atoms with van der Waals surface area (Å²) in [4.78, 5) is 25.0. The molecule has 0 aliphatic heterocycles. The van der Waals surface area contributed by atoms with Gasteiger partial charge in [-0.3, -0.25) is 9.59 Å². The van der Waals surface area contributed by atoms with Crippen molar-refractivity contribution in [2.24, 2.45) is 10.2 Å². The Bertz CT molecular complexity index is 1050. The SMILES string of the molecule is CCOc1cc(Cl)c(N=NC(C(C)=O)C(=O)Nc2ccc(OC)c(OC)c2Cl)c(OCC)c1. The summed E-state index contributed by atoms with van der Waals surface area (Å²) in [7, 11) is 2.87. The number of azo groups is 1. The maximum atomic E-state index is 12.8. The van der Waals surface area contributed by atoms with E-state index in [1.165, 1.54) is 27.2 Å². The molecule has 0 aromatic heterocycles. The van der Waals surface area contributed by atoms with Gasteiger partial charge in [0.2, 0.25) is 6.04 Å². The number of ether oxygens (including phenoxy) is 4. The van der Waals surface area contributed by atoms with Gasteiger partial charge in [-0.1, -0.05) is 23.2 Å². The average Bonchev–Trinajstić information content (AvgIpc) is 2.76. The zero-order chi connectivity index (χ0) is 24.5. The van der Waals surface area contributed by atoms with Crippen LogP contribution in [0.25, 0.3) is 0 Å². The van der Waals surface area contributed by atoms with Crippen molar-refractivity contribution in [1.29, 1.82) is 0 Å². The summed E-state index contributed by atoms with van der Waals surface area (Å²) >= 11 is 12.6. The highest BCUT2D eigenvalue weighted by Crippen LogP contribution is 2.41. The molecule has 1 unspecified atom stereocenters. The van der Waals surface area contributed by atoms with Crippen LogP contribution in [0.3, 0.4) is 0 Å². The van der Waals surface area contributed by atoms with Crippen molar-refractivity contribution >= 4 is 46.3 Å². The van der Waals surface area contributed by atoms with E-state index in [1.54, 1.807) is 25.1 Å². The van der Waals surface area contributed by atoms with Crippen LogP contribution in [0.2, 0.25) is 10.0 Å². The van der Waals surface area contributed by atoms with E-state index in [2.05, 4.69) is 15.5 Å². The van der Waals surface area contributed by atoms with E-state index < -0.39 is 17.7 Å². The van der Waals surface area contributed by atoms with Crippen LogP contribution in [-0.2, 0) is 9.59 Å². The molecule has 0 saturated carbocycles. The predicted octanol–water partition coefficient (Wildman–Crippen LogP) is 5.49. The first-order valence-electron chi connectivity index (χ1n) is 9.99. The standard InChI is InChI=1S/C22H25Cl2N3O6/c1-6-32-13-10-14(23)20(17(11-13)33-7-2)27-26-19(12(3)28)22(29)25-15-8-9-16(30-4)21(31-5)18(15)24/h8-11,19H,6-7H2,1-5H3,(H,25,29). The van der Waals surface area contributed by atoms with Gasteiger partial charge < -0.3 is 24.3 Å². The summed E-state index contributed by atoms with van der Waals surface area (Å²) in [5, 5.41) is 10.9. The molecule has 0 saturated heterocycles. The van der Waals surface area contributed by atoms with Gasteiger partial charge in [-0.05, 0) is 32.9 Å². The summed E-state index contributed by atoms with van der Waals surface area (Å²) in [5.41, 5.74) is 0.389. The molecule has 0 bridgehead atoms. The summed E-state index contributed by atoms with van der Waals surface area (Å²) in [6, 6.07) is 4.80. The van der Waals surface area contributed by atoms with E-state index in [0.717, 1.165) is 0 Å². The Morgan fingerprint density at radius 1 is 1.03 bits per heavy atom. The third kappa shape index (κ3) is 6.49. The van der Waals surface area contributed by atoms with Crippen LogP contribution in [0.4, 0.5) is 11.4 Å². The zero-order valence-corrected chi connectivity index (χ0v) is 20.4. The number of nitrogens with one attached hydrogen (secondary N) is 1. The number of hydrogen-bond donors (Lipinski definition) is 1. The number of carbonyl (C=O) groups is 2. The highest BCUT2D eigenvalue weighted by molar-refractivity contribution is 6.35.